The first-order valence-corrected chi connectivity index (χ1v) is 12.0. The number of hydrogen-bond donors (Lipinski definition) is 0. The average molecular weight is 381 g/mol. The molecule has 2 nitrogen and oxygen atoms in total. The SMILES string of the molecule is C=C(C)CCOC(=O)CCCCCCCCCCCCCCCCCCC. The Hall–Kier alpha value is -0.790. The maximum absolute atomic E-state index is 11.5. The van der Waals surface area contributed by atoms with Gasteiger partial charge in [-0.05, 0) is 13.3 Å². The van der Waals surface area contributed by atoms with Gasteiger partial charge in [-0.15, -0.1) is 6.58 Å². The highest BCUT2D eigenvalue weighted by Crippen LogP contribution is 2.14. The van der Waals surface area contributed by atoms with Crippen molar-refractivity contribution in [1.29, 1.82) is 0 Å². The summed E-state index contributed by atoms with van der Waals surface area (Å²) in [4.78, 5) is 11.5. The van der Waals surface area contributed by atoms with Gasteiger partial charge in [-0.2, -0.15) is 0 Å². The summed E-state index contributed by atoms with van der Waals surface area (Å²) < 4.78 is 5.18. The van der Waals surface area contributed by atoms with Gasteiger partial charge in [0.2, 0.25) is 0 Å². The molecule has 0 saturated carbocycles. The van der Waals surface area contributed by atoms with E-state index in [0.717, 1.165) is 24.8 Å². The Morgan fingerprint density at radius 1 is 0.630 bits per heavy atom. The fraction of sp³-hybridized carbons (Fsp3) is 0.880. The molecule has 0 bridgehead atoms. The molecule has 0 saturated heterocycles. The summed E-state index contributed by atoms with van der Waals surface area (Å²) in [6.45, 7) is 8.55. The van der Waals surface area contributed by atoms with Crippen molar-refractivity contribution in [2.45, 2.75) is 136 Å². The van der Waals surface area contributed by atoms with Gasteiger partial charge >= 0.3 is 5.97 Å². The molecule has 0 radical (unpaired) electrons. The van der Waals surface area contributed by atoms with Crippen LogP contribution in [0.4, 0.5) is 0 Å². The van der Waals surface area contributed by atoms with E-state index < -0.39 is 0 Å². The molecule has 0 N–H and O–H groups in total. The molecule has 0 amide bonds. The highest BCUT2D eigenvalue weighted by atomic mass is 16.5. The zero-order valence-corrected chi connectivity index (χ0v) is 18.7. The van der Waals surface area contributed by atoms with E-state index in [1.807, 2.05) is 6.92 Å². The normalized spacial score (nSPS) is 10.9. The Labute approximate surface area is 170 Å². The third-order valence-corrected chi connectivity index (χ3v) is 5.28. The number of carbonyl (C=O) groups excluding carboxylic acids is 1. The smallest absolute Gasteiger partial charge is 0.305 e. The Morgan fingerprint density at radius 3 is 1.37 bits per heavy atom. The Morgan fingerprint density at radius 2 is 1.00 bits per heavy atom. The van der Waals surface area contributed by atoms with E-state index in [1.165, 1.54) is 96.3 Å². The fourth-order valence-electron chi connectivity index (χ4n) is 3.41. The van der Waals surface area contributed by atoms with Gasteiger partial charge in [0.25, 0.3) is 0 Å². The highest BCUT2D eigenvalue weighted by molar-refractivity contribution is 5.69. The molecule has 0 atom stereocenters. The largest absolute Gasteiger partial charge is 0.465 e. The Kier molecular flexibility index (Phi) is 20.9. The molecule has 0 aliphatic carbocycles. The second kappa shape index (κ2) is 21.5. The van der Waals surface area contributed by atoms with Crippen molar-refractivity contribution < 1.29 is 9.53 Å². The lowest BCUT2D eigenvalue weighted by molar-refractivity contribution is -0.143. The van der Waals surface area contributed by atoms with E-state index in [0.29, 0.717) is 13.0 Å². The lowest BCUT2D eigenvalue weighted by atomic mass is 10.0. The summed E-state index contributed by atoms with van der Waals surface area (Å²) in [5.74, 6) is -0.0443. The summed E-state index contributed by atoms with van der Waals surface area (Å²) in [5.41, 5.74) is 1.07. The molecule has 0 heterocycles. The molecule has 0 aliphatic heterocycles. The summed E-state index contributed by atoms with van der Waals surface area (Å²) >= 11 is 0. The van der Waals surface area contributed by atoms with Gasteiger partial charge in [0.1, 0.15) is 0 Å². The quantitative estimate of drug-likeness (QED) is 0.113. The lowest BCUT2D eigenvalue weighted by Gasteiger charge is -2.05. The monoisotopic (exact) mass is 380 g/mol. The summed E-state index contributed by atoms with van der Waals surface area (Å²) in [6, 6.07) is 0. The van der Waals surface area contributed by atoms with E-state index in [1.54, 1.807) is 0 Å². The van der Waals surface area contributed by atoms with Crippen LogP contribution in [0.1, 0.15) is 136 Å². The van der Waals surface area contributed by atoms with Crippen LogP contribution < -0.4 is 0 Å². The second-order valence-electron chi connectivity index (χ2n) is 8.33. The van der Waals surface area contributed by atoms with E-state index in [9.17, 15) is 4.79 Å². The van der Waals surface area contributed by atoms with Crippen LogP contribution >= 0.6 is 0 Å². The summed E-state index contributed by atoms with van der Waals surface area (Å²) in [5, 5.41) is 0. The molecule has 0 fully saturated rings. The van der Waals surface area contributed by atoms with E-state index in [2.05, 4.69) is 13.5 Å². The summed E-state index contributed by atoms with van der Waals surface area (Å²) in [6.07, 6.45) is 24.5. The maximum Gasteiger partial charge on any atom is 0.305 e. The maximum atomic E-state index is 11.5. The fourth-order valence-corrected chi connectivity index (χ4v) is 3.41. The third kappa shape index (κ3) is 23.2. The third-order valence-electron chi connectivity index (χ3n) is 5.28. The molecule has 0 aromatic rings. The average Bonchev–Trinajstić information content (AvgIpc) is 2.64. The predicted molar refractivity (Wildman–Crippen MR) is 119 cm³/mol. The Balaban J connectivity index is 3.10. The molecule has 0 rings (SSSR count). The number of unbranched alkanes of at least 4 members (excludes halogenated alkanes) is 16. The first-order valence-electron chi connectivity index (χ1n) is 12.0. The topological polar surface area (TPSA) is 26.3 Å². The molecule has 0 unspecified atom stereocenters. The van der Waals surface area contributed by atoms with E-state index in [4.69, 9.17) is 4.74 Å². The first-order chi connectivity index (χ1) is 13.2. The highest BCUT2D eigenvalue weighted by Gasteiger charge is 2.02. The van der Waals surface area contributed by atoms with Crippen LogP contribution in [-0.4, -0.2) is 12.6 Å². The van der Waals surface area contributed by atoms with Gasteiger partial charge in [-0.3, -0.25) is 4.79 Å². The molecule has 0 spiro atoms. The van der Waals surface area contributed by atoms with Crippen molar-refractivity contribution in [1.82, 2.24) is 0 Å². The zero-order chi connectivity index (χ0) is 20.0. The number of ether oxygens (including phenoxy) is 1. The predicted octanol–water partition coefficient (Wildman–Crippen LogP) is 8.54. The van der Waals surface area contributed by atoms with E-state index in [-0.39, 0.29) is 5.97 Å². The molecule has 0 aromatic carbocycles. The number of rotatable bonds is 21. The molecule has 2 heteroatoms. The van der Waals surface area contributed by atoms with Crippen LogP contribution in [0.15, 0.2) is 12.2 Å². The van der Waals surface area contributed by atoms with Crippen LogP contribution in [0.2, 0.25) is 0 Å². The number of hydrogen-bond acceptors (Lipinski definition) is 2. The summed E-state index contributed by atoms with van der Waals surface area (Å²) in [7, 11) is 0. The van der Waals surface area contributed by atoms with Crippen LogP contribution in [0.25, 0.3) is 0 Å². The van der Waals surface area contributed by atoms with Gasteiger partial charge in [0.15, 0.2) is 0 Å². The van der Waals surface area contributed by atoms with Gasteiger partial charge < -0.3 is 4.74 Å². The van der Waals surface area contributed by atoms with Crippen molar-refractivity contribution in [3.8, 4) is 0 Å². The van der Waals surface area contributed by atoms with Crippen molar-refractivity contribution in [3.05, 3.63) is 12.2 Å². The van der Waals surface area contributed by atoms with Crippen molar-refractivity contribution in [3.63, 3.8) is 0 Å². The minimum Gasteiger partial charge on any atom is -0.465 e. The number of esters is 1. The molecule has 160 valence electrons. The van der Waals surface area contributed by atoms with Crippen molar-refractivity contribution in [2.24, 2.45) is 0 Å². The van der Waals surface area contributed by atoms with Gasteiger partial charge in [0, 0.05) is 12.8 Å². The van der Waals surface area contributed by atoms with Gasteiger partial charge in [0.05, 0.1) is 6.61 Å². The molecule has 27 heavy (non-hydrogen) atoms. The molecule has 0 aliphatic rings. The van der Waals surface area contributed by atoms with Crippen LogP contribution in [0, 0.1) is 0 Å². The Bertz CT molecular complexity index is 335. The minimum atomic E-state index is -0.0443. The minimum absolute atomic E-state index is 0.0443. The van der Waals surface area contributed by atoms with Crippen LogP contribution in [0.3, 0.4) is 0 Å². The van der Waals surface area contributed by atoms with Crippen LogP contribution in [-0.2, 0) is 9.53 Å². The second-order valence-corrected chi connectivity index (χ2v) is 8.33. The van der Waals surface area contributed by atoms with Gasteiger partial charge in [-0.25, -0.2) is 0 Å². The lowest BCUT2D eigenvalue weighted by Crippen LogP contribution is -2.05. The zero-order valence-electron chi connectivity index (χ0n) is 18.7. The molecule has 0 aromatic heterocycles. The molecular formula is C25H48O2. The van der Waals surface area contributed by atoms with Gasteiger partial charge in [-0.1, -0.05) is 115 Å². The van der Waals surface area contributed by atoms with Crippen molar-refractivity contribution >= 4 is 5.97 Å². The van der Waals surface area contributed by atoms with Crippen molar-refractivity contribution in [2.75, 3.05) is 6.61 Å². The van der Waals surface area contributed by atoms with Crippen LogP contribution in [0.5, 0.6) is 0 Å². The van der Waals surface area contributed by atoms with E-state index >= 15 is 0 Å². The number of carbonyl (C=O) groups is 1. The molecular weight excluding hydrogens is 332 g/mol. The first kappa shape index (κ1) is 26.2. The standard InChI is InChI=1S/C25H48O2/c1-4-5-6-7-8-9-10-11-12-13-14-15-16-17-18-19-20-21-25(26)27-23-22-24(2)3/h2,4-23H2,1,3H3.